The summed E-state index contributed by atoms with van der Waals surface area (Å²) in [6, 6.07) is 13.9. The minimum Gasteiger partial charge on any atom is -0.355 e. The van der Waals surface area contributed by atoms with Crippen LogP contribution in [-0.4, -0.2) is 20.2 Å². The molecule has 0 saturated heterocycles. The molecule has 0 aliphatic rings. The zero-order valence-corrected chi connectivity index (χ0v) is 14.7. The second kappa shape index (κ2) is 6.76. The summed E-state index contributed by atoms with van der Waals surface area (Å²) in [7, 11) is 0. The number of aromatic amines is 2. The predicted molar refractivity (Wildman–Crippen MR) is 101 cm³/mol. The lowest BCUT2D eigenvalue weighted by Gasteiger charge is -2.03. The molecule has 7 heteroatoms. The molecular weight excluding hydrogens is 351 g/mol. The molecule has 0 saturated carbocycles. The van der Waals surface area contributed by atoms with Crippen LogP contribution >= 0.6 is 11.8 Å². The Bertz CT molecular complexity index is 1150. The van der Waals surface area contributed by atoms with Crippen LogP contribution < -0.4 is 5.43 Å². The molecule has 0 atom stereocenters. The number of para-hydroxylation sites is 1. The number of halogens is 1. The van der Waals surface area contributed by atoms with Crippen molar-refractivity contribution in [1.82, 2.24) is 20.2 Å². The third kappa shape index (κ3) is 3.25. The van der Waals surface area contributed by atoms with Crippen LogP contribution in [-0.2, 0) is 5.75 Å². The van der Waals surface area contributed by atoms with Crippen LogP contribution in [0.1, 0.15) is 11.3 Å². The van der Waals surface area contributed by atoms with Gasteiger partial charge in [-0.25, -0.2) is 9.37 Å². The van der Waals surface area contributed by atoms with Crippen molar-refractivity contribution in [2.75, 3.05) is 0 Å². The van der Waals surface area contributed by atoms with Crippen molar-refractivity contribution in [3.63, 3.8) is 0 Å². The topological polar surface area (TPSA) is 74.4 Å². The van der Waals surface area contributed by atoms with Crippen molar-refractivity contribution >= 4 is 22.7 Å². The van der Waals surface area contributed by atoms with Crippen molar-refractivity contribution in [2.45, 2.75) is 17.8 Å². The summed E-state index contributed by atoms with van der Waals surface area (Å²) in [5, 5.41) is 8.03. The fourth-order valence-corrected chi connectivity index (χ4v) is 3.45. The number of aromatic nitrogens is 4. The predicted octanol–water partition coefficient (Wildman–Crippen LogP) is 4.05. The Kier molecular flexibility index (Phi) is 4.30. The van der Waals surface area contributed by atoms with Crippen molar-refractivity contribution in [1.29, 1.82) is 0 Å². The average molecular weight is 366 g/mol. The van der Waals surface area contributed by atoms with Gasteiger partial charge in [0.1, 0.15) is 5.82 Å². The molecule has 4 rings (SSSR count). The maximum atomic E-state index is 13.9. The minimum atomic E-state index is -0.439. The summed E-state index contributed by atoms with van der Waals surface area (Å²) in [6.45, 7) is 2.02. The standard InChI is InChI=1S/C19H15FN4OS/c1-11-4-2-5-12(8-11)18-22-19(24-23-18)26-10-13-9-16(25)14-6-3-7-15(20)17(14)21-13/h2-9H,10H2,1H3,(H,21,25)(H,22,23,24). The molecule has 0 spiro atoms. The highest BCUT2D eigenvalue weighted by Gasteiger charge is 2.09. The van der Waals surface area contributed by atoms with Crippen LogP contribution in [0.2, 0.25) is 0 Å². The van der Waals surface area contributed by atoms with Gasteiger partial charge < -0.3 is 4.98 Å². The van der Waals surface area contributed by atoms with Gasteiger partial charge in [0.05, 0.1) is 5.52 Å². The van der Waals surface area contributed by atoms with Gasteiger partial charge in [-0.2, -0.15) is 0 Å². The molecule has 0 unspecified atom stereocenters. The number of nitrogens with one attached hydrogen (secondary N) is 2. The first-order chi connectivity index (χ1) is 12.6. The maximum Gasteiger partial charge on any atom is 0.209 e. The number of H-pyrrole nitrogens is 2. The van der Waals surface area contributed by atoms with Crippen LogP contribution in [0.3, 0.4) is 0 Å². The van der Waals surface area contributed by atoms with E-state index < -0.39 is 5.82 Å². The molecule has 0 radical (unpaired) electrons. The van der Waals surface area contributed by atoms with Crippen LogP contribution in [0.4, 0.5) is 4.39 Å². The van der Waals surface area contributed by atoms with Crippen LogP contribution in [0, 0.1) is 12.7 Å². The van der Waals surface area contributed by atoms with Crippen LogP contribution in [0.15, 0.2) is 58.5 Å². The second-order valence-corrected chi connectivity index (χ2v) is 6.89. The van der Waals surface area contributed by atoms with Gasteiger partial charge in [-0.05, 0) is 25.1 Å². The van der Waals surface area contributed by atoms with E-state index in [4.69, 9.17) is 0 Å². The smallest absolute Gasteiger partial charge is 0.209 e. The quantitative estimate of drug-likeness (QED) is 0.534. The molecular formula is C19H15FN4OS. The maximum absolute atomic E-state index is 13.9. The highest BCUT2D eigenvalue weighted by Crippen LogP contribution is 2.23. The molecule has 2 aromatic carbocycles. The fraction of sp³-hybridized carbons (Fsp3) is 0.105. The van der Waals surface area contributed by atoms with Gasteiger partial charge >= 0.3 is 0 Å². The van der Waals surface area contributed by atoms with E-state index in [2.05, 4.69) is 20.2 Å². The van der Waals surface area contributed by atoms with E-state index in [1.165, 1.54) is 30.0 Å². The number of pyridine rings is 1. The van der Waals surface area contributed by atoms with Gasteiger partial charge in [-0.1, -0.05) is 41.6 Å². The fourth-order valence-electron chi connectivity index (χ4n) is 2.74. The molecule has 2 aromatic heterocycles. The van der Waals surface area contributed by atoms with E-state index in [-0.39, 0.29) is 10.9 Å². The monoisotopic (exact) mass is 366 g/mol. The first kappa shape index (κ1) is 16.5. The van der Waals surface area contributed by atoms with Crippen molar-refractivity contribution in [2.24, 2.45) is 0 Å². The lowest BCUT2D eigenvalue weighted by molar-refractivity contribution is 0.636. The second-order valence-electron chi connectivity index (χ2n) is 5.95. The van der Waals surface area contributed by atoms with Crippen LogP contribution in [0.25, 0.3) is 22.3 Å². The summed E-state index contributed by atoms with van der Waals surface area (Å²) < 4.78 is 13.9. The van der Waals surface area contributed by atoms with Crippen molar-refractivity contribution < 1.29 is 4.39 Å². The highest BCUT2D eigenvalue weighted by atomic mass is 32.2. The molecule has 26 heavy (non-hydrogen) atoms. The normalized spacial score (nSPS) is 11.2. The molecule has 5 nitrogen and oxygen atoms in total. The number of nitrogens with zero attached hydrogens (tertiary/aromatic N) is 2. The zero-order valence-electron chi connectivity index (χ0n) is 13.9. The summed E-state index contributed by atoms with van der Waals surface area (Å²) in [5.41, 5.74) is 2.75. The lowest BCUT2D eigenvalue weighted by atomic mass is 10.1. The lowest BCUT2D eigenvalue weighted by Crippen LogP contribution is -2.05. The number of hydrogen-bond donors (Lipinski definition) is 2. The summed E-state index contributed by atoms with van der Waals surface area (Å²) in [6.07, 6.45) is 0. The molecule has 0 amide bonds. The van der Waals surface area contributed by atoms with E-state index >= 15 is 0 Å². The van der Waals surface area contributed by atoms with Gasteiger partial charge in [-0.15, -0.1) is 5.10 Å². The van der Waals surface area contributed by atoms with E-state index in [1.54, 1.807) is 6.07 Å². The summed E-state index contributed by atoms with van der Waals surface area (Å²) in [5.74, 6) is 0.685. The zero-order chi connectivity index (χ0) is 18.1. The number of hydrogen-bond acceptors (Lipinski definition) is 4. The molecule has 4 aromatic rings. The largest absolute Gasteiger partial charge is 0.355 e. The SMILES string of the molecule is Cc1cccc(-c2nc(SCc3cc(=O)c4cccc(F)c4[nH]3)n[nH]2)c1. The van der Waals surface area contributed by atoms with E-state index in [9.17, 15) is 9.18 Å². The Morgan fingerprint density at radius 3 is 2.85 bits per heavy atom. The highest BCUT2D eigenvalue weighted by molar-refractivity contribution is 7.98. The first-order valence-corrected chi connectivity index (χ1v) is 9.01. The molecule has 0 aliphatic heterocycles. The van der Waals surface area contributed by atoms with Gasteiger partial charge in [0.25, 0.3) is 0 Å². The number of fused-ring (bicyclic) bond motifs is 1. The Labute approximate surface area is 152 Å². The summed E-state index contributed by atoms with van der Waals surface area (Å²) >= 11 is 1.37. The van der Waals surface area contributed by atoms with E-state index in [1.807, 2.05) is 31.2 Å². The van der Waals surface area contributed by atoms with Gasteiger partial charge in [-0.3, -0.25) is 9.89 Å². The van der Waals surface area contributed by atoms with E-state index in [0.717, 1.165) is 11.1 Å². The van der Waals surface area contributed by atoms with Gasteiger partial charge in [0, 0.05) is 28.5 Å². The average Bonchev–Trinajstić information content (AvgIpc) is 3.10. The Balaban J connectivity index is 1.56. The Morgan fingerprint density at radius 2 is 2.00 bits per heavy atom. The van der Waals surface area contributed by atoms with Crippen LogP contribution in [0.5, 0.6) is 0 Å². The van der Waals surface area contributed by atoms with Crippen molar-refractivity contribution in [3.05, 3.63) is 75.8 Å². The van der Waals surface area contributed by atoms with Crippen molar-refractivity contribution in [3.8, 4) is 11.4 Å². The Morgan fingerprint density at radius 1 is 1.15 bits per heavy atom. The molecule has 0 bridgehead atoms. The number of thioether (sulfide) groups is 1. The summed E-state index contributed by atoms with van der Waals surface area (Å²) in [4.78, 5) is 19.6. The van der Waals surface area contributed by atoms with Gasteiger partial charge in [0.15, 0.2) is 11.3 Å². The third-order valence-corrected chi connectivity index (χ3v) is 4.88. The molecule has 0 aliphatic carbocycles. The minimum absolute atomic E-state index is 0.204. The van der Waals surface area contributed by atoms with Gasteiger partial charge in [0.2, 0.25) is 5.16 Å². The van der Waals surface area contributed by atoms with E-state index in [0.29, 0.717) is 27.8 Å². The number of rotatable bonds is 4. The number of benzene rings is 2. The molecule has 2 N–H and O–H groups in total. The third-order valence-electron chi connectivity index (χ3n) is 3.98. The Hall–Kier alpha value is -2.93. The molecule has 2 heterocycles. The molecule has 0 fully saturated rings. The molecule has 130 valence electrons. The first-order valence-electron chi connectivity index (χ1n) is 8.03. The number of aryl methyl sites for hydroxylation is 1.